The Bertz CT molecular complexity index is 406. The summed E-state index contributed by atoms with van der Waals surface area (Å²) in [7, 11) is 3.07. The third-order valence-electron chi connectivity index (χ3n) is 4.47. The summed E-state index contributed by atoms with van der Waals surface area (Å²) in [6.45, 7) is 3.78. The number of carbonyl (C=O) groups is 2. The van der Waals surface area contributed by atoms with Crippen LogP contribution in [0, 0.1) is 0 Å². The Kier molecular flexibility index (Phi) is 3.82. The van der Waals surface area contributed by atoms with E-state index in [9.17, 15) is 14.8 Å². The van der Waals surface area contributed by atoms with Crippen molar-refractivity contribution in [3.8, 4) is 0 Å². The smallest absolute Gasteiger partial charge is 0.339 e. The van der Waals surface area contributed by atoms with Gasteiger partial charge >= 0.3 is 12.1 Å². The van der Waals surface area contributed by atoms with Gasteiger partial charge in [0, 0.05) is 20.1 Å². The quantitative estimate of drug-likeness (QED) is 0.595. The number of hydrogen-bond acceptors (Lipinski definition) is 3. The summed E-state index contributed by atoms with van der Waals surface area (Å²) in [5, 5.41) is 13.1. The summed E-state index contributed by atoms with van der Waals surface area (Å²) in [5.41, 5.74) is -0.637. The molecule has 0 radical (unpaired) electrons. The van der Waals surface area contributed by atoms with Crippen LogP contribution >= 0.6 is 0 Å². The highest BCUT2D eigenvalue weighted by molar-refractivity contribution is 5.81. The number of rotatable bonds is 2. The third-order valence-corrected chi connectivity index (χ3v) is 4.47. The van der Waals surface area contributed by atoms with Gasteiger partial charge < -0.3 is 15.1 Å². The third kappa shape index (κ3) is 2.09. The molecule has 2 fully saturated rings. The van der Waals surface area contributed by atoms with Gasteiger partial charge in [0.1, 0.15) is 0 Å². The molecule has 0 bridgehead atoms. The van der Waals surface area contributed by atoms with Gasteiger partial charge in [0.25, 0.3) is 0 Å². The minimum Gasteiger partial charge on any atom is -0.339 e. The first kappa shape index (κ1) is 14.9. The first-order chi connectivity index (χ1) is 9.32. The second-order valence-electron chi connectivity index (χ2n) is 6.13. The monoisotopic (exact) mass is 284 g/mol. The molecule has 20 heavy (non-hydrogen) atoms. The molecule has 7 nitrogen and oxygen atoms in total. The number of amides is 4. The van der Waals surface area contributed by atoms with Gasteiger partial charge in [-0.25, -0.2) is 9.59 Å². The van der Waals surface area contributed by atoms with Crippen molar-refractivity contribution in [2.75, 3.05) is 14.1 Å². The maximum absolute atomic E-state index is 12.5. The van der Waals surface area contributed by atoms with E-state index in [1.54, 1.807) is 7.05 Å². The molecule has 1 aliphatic heterocycles. The second-order valence-corrected chi connectivity index (χ2v) is 6.13. The Morgan fingerprint density at radius 3 is 2.45 bits per heavy atom. The van der Waals surface area contributed by atoms with E-state index in [1.807, 2.05) is 18.7 Å². The predicted octanol–water partition coefficient (Wildman–Crippen LogP) is 1.43. The number of nitrogens with zero attached hydrogens (tertiary/aromatic N) is 3. The van der Waals surface area contributed by atoms with Gasteiger partial charge in [-0.15, -0.1) is 0 Å². The average Bonchev–Trinajstić information content (AvgIpc) is 2.95. The SMILES string of the molecule is CNC(=O)N(O)C1N(C)C(=O)N(C2CCCC2)C1(C)C. The molecule has 1 atom stereocenters. The fourth-order valence-electron chi connectivity index (χ4n) is 3.60. The molecule has 0 aromatic carbocycles. The van der Waals surface area contributed by atoms with Gasteiger partial charge in [0.2, 0.25) is 0 Å². The lowest BCUT2D eigenvalue weighted by Crippen LogP contribution is -2.59. The van der Waals surface area contributed by atoms with Crippen molar-refractivity contribution in [2.45, 2.75) is 57.3 Å². The lowest BCUT2D eigenvalue weighted by Gasteiger charge is -2.40. The Labute approximate surface area is 119 Å². The van der Waals surface area contributed by atoms with Gasteiger partial charge in [0.05, 0.1) is 5.54 Å². The van der Waals surface area contributed by atoms with Crippen LogP contribution < -0.4 is 5.32 Å². The van der Waals surface area contributed by atoms with Crippen molar-refractivity contribution in [3.63, 3.8) is 0 Å². The molecule has 0 spiro atoms. The summed E-state index contributed by atoms with van der Waals surface area (Å²) in [6.07, 6.45) is 3.52. The molecule has 2 N–H and O–H groups in total. The summed E-state index contributed by atoms with van der Waals surface area (Å²) >= 11 is 0. The van der Waals surface area contributed by atoms with Gasteiger partial charge in [0.15, 0.2) is 6.17 Å². The zero-order valence-electron chi connectivity index (χ0n) is 12.6. The Balaban J connectivity index is 2.30. The Morgan fingerprint density at radius 1 is 1.40 bits per heavy atom. The number of likely N-dealkylation sites (N-methyl/N-ethyl adjacent to an activating group) is 1. The highest BCUT2D eigenvalue weighted by Gasteiger charge is 2.56. The highest BCUT2D eigenvalue weighted by Crippen LogP contribution is 2.39. The molecule has 1 heterocycles. The van der Waals surface area contributed by atoms with E-state index < -0.39 is 17.7 Å². The molecule has 1 saturated carbocycles. The van der Waals surface area contributed by atoms with Crippen LogP contribution in [0.1, 0.15) is 39.5 Å². The zero-order valence-corrected chi connectivity index (χ0v) is 12.6. The first-order valence-electron chi connectivity index (χ1n) is 7.08. The molecule has 0 aromatic rings. The van der Waals surface area contributed by atoms with Crippen LogP contribution in [0.15, 0.2) is 0 Å². The standard InChI is InChI=1S/C13H24N4O3/c1-13(2)10(17(20)11(18)14-3)15(4)12(19)16(13)9-7-5-6-8-9/h9-10,20H,5-8H2,1-4H3,(H,14,18). The van der Waals surface area contributed by atoms with Crippen molar-refractivity contribution < 1.29 is 14.8 Å². The van der Waals surface area contributed by atoms with Crippen molar-refractivity contribution in [3.05, 3.63) is 0 Å². The van der Waals surface area contributed by atoms with Crippen molar-refractivity contribution in [1.82, 2.24) is 20.2 Å². The molecule has 114 valence electrons. The van der Waals surface area contributed by atoms with Gasteiger partial charge in [-0.1, -0.05) is 12.8 Å². The number of hydroxylamine groups is 2. The van der Waals surface area contributed by atoms with Crippen molar-refractivity contribution in [2.24, 2.45) is 0 Å². The van der Waals surface area contributed by atoms with E-state index in [2.05, 4.69) is 5.32 Å². The topological polar surface area (TPSA) is 76.1 Å². The Hall–Kier alpha value is -1.50. The van der Waals surface area contributed by atoms with Crippen molar-refractivity contribution in [1.29, 1.82) is 0 Å². The molecular weight excluding hydrogens is 260 g/mol. The number of urea groups is 2. The normalized spacial score (nSPS) is 26.2. The van der Waals surface area contributed by atoms with Crippen LogP contribution in [-0.2, 0) is 0 Å². The van der Waals surface area contributed by atoms with E-state index in [0.717, 1.165) is 25.7 Å². The number of hydrogen-bond donors (Lipinski definition) is 2. The summed E-state index contributed by atoms with van der Waals surface area (Å²) in [5.74, 6) is 0. The lowest BCUT2D eigenvalue weighted by atomic mass is 9.98. The van der Waals surface area contributed by atoms with Crippen LogP contribution in [-0.4, -0.2) is 64.0 Å². The summed E-state index contributed by atoms with van der Waals surface area (Å²) in [6, 6.07) is -0.547. The van der Waals surface area contributed by atoms with Crippen LogP contribution in [0.3, 0.4) is 0 Å². The minimum atomic E-state index is -0.699. The largest absolute Gasteiger partial charge is 0.342 e. The highest BCUT2D eigenvalue weighted by atomic mass is 16.5. The maximum atomic E-state index is 12.5. The molecule has 7 heteroatoms. The van der Waals surface area contributed by atoms with Crippen molar-refractivity contribution >= 4 is 12.1 Å². The van der Waals surface area contributed by atoms with Gasteiger partial charge in [-0.3, -0.25) is 5.21 Å². The van der Waals surface area contributed by atoms with Gasteiger partial charge in [-0.2, -0.15) is 5.06 Å². The molecule has 2 rings (SSSR count). The zero-order chi connectivity index (χ0) is 15.1. The second kappa shape index (κ2) is 5.12. The van der Waals surface area contributed by atoms with Crippen LogP contribution in [0.5, 0.6) is 0 Å². The fraction of sp³-hybridized carbons (Fsp3) is 0.846. The van der Waals surface area contributed by atoms with E-state index >= 15 is 0 Å². The summed E-state index contributed by atoms with van der Waals surface area (Å²) < 4.78 is 0. The predicted molar refractivity (Wildman–Crippen MR) is 73.2 cm³/mol. The van der Waals surface area contributed by atoms with Crippen LogP contribution in [0.25, 0.3) is 0 Å². The first-order valence-corrected chi connectivity index (χ1v) is 7.08. The summed E-state index contributed by atoms with van der Waals surface area (Å²) in [4.78, 5) is 27.5. The van der Waals surface area contributed by atoms with E-state index in [-0.39, 0.29) is 12.1 Å². The molecular formula is C13H24N4O3. The minimum absolute atomic E-state index is 0.130. The number of nitrogens with one attached hydrogen (secondary N) is 1. The number of carbonyl (C=O) groups excluding carboxylic acids is 2. The Morgan fingerprint density at radius 2 is 1.95 bits per heavy atom. The maximum Gasteiger partial charge on any atom is 0.342 e. The molecule has 1 aliphatic carbocycles. The molecule has 0 aromatic heterocycles. The van der Waals surface area contributed by atoms with E-state index in [4.69, 9.17) is 0 Å². The van der Waals surface area contributed by atoms with E-state index in [0.29, 0.717) is 5.06 Å². The lowest BCUT2D eigenvalue weighted by molar-refractivity contribution is -0.130. The van der Waals surface area contributed by atoms with Gasteiger partial charge in [-0.05, 0) is 26.7 Å². The molecule has 4 amide bonds. The molecule has 2 aliphatic rings. The average molecular weight is 284 g/mol. The molecule has 1 saturated heterocycles. The molecule has 1 unspecified atom stereocenters. The fourth-order valence-corrected chi connectivity index (χ4v) is 3.60. The van der Waals surface area contributed by atoms with Crippen LogP contribution in [0.4, 0.5) is 9.59 Å². The van der Waals surface area contributed by atoms with Crippen LogP contribution in [0.2, 0.25) is 0 Å². The van der Waals surface area contributed by atoms with E-state index in [1.165, 1.54) is 11.9 Å².